The number of fused-ring (bicyclic) bond motifs is 1. The van der Waals surface area contributed by atoms with Crippen LogP contribution in [0.5, 0.6) is 0 Å². The molecule has 1 aromatic heterocycles. The van der Waals surface area contributed by atoms with Crippen LogP contribution in [0.15, 0.2) is 42.7 Å². The molecule has 3 nitrogen and oxygen atoms in total. The molecule has 2 aromatic carbocycles. The van der Waals surface area contributed by atoms with Gasteiger partial charge in [-0.05, 0) is 49.2 Å². The van der Waals surface area contributed by atoms with E-state index in [1.54, 1.807) is 6.33 Å². The second-order valence-electron chi connectivity index (χ2n) is 4.78. The monoisotopic (exact) mass is 283 g/mol. The van der Waals surface area contributed by atoms with Crippen molar-refractivity contribution in [3.8, 4) is 0 Å². The Bertz CT molecular complexity index is 784. The molecule has 0 aliphatic heterocycles. The number of aryl methyl sites for hydroxylation is 2. The van der Waals surface area contributed by atoms with Crippen LogP contribution < -0.4 is 5.32 Å². The predicted molar refractivity (Wildman–Crippen MR) is 83.7 cm³/mol. The van der Waals surface area contributed by atoms with E-state index < -0.39 is 0 Å². The standard InChI is InChI=1S/C16H14ClN3/c1-10-7-12-15(8-11(10)2)18-9-19-16(12)20-14-6-4-3-5-13(14)17/h3-9H,1-2H3,(H,18,19,20). The maximum Gasteiger partial charge on any atom is 0.141 e. The Morgan fingerprint density at radius 3 is 2.55 bits per heavy atom. The van der Waals surface area contributed by atoms with Crippen LogP contribution in [0.25, 0.3) is 10.9 Å². The third kappa shape index (κ3) is 2.32. The molecular formula is C16H14ClN3. The first-order chi connectivity index (χ1) is 9.65. The molecule has 100 valence electrons. The summed E-state index contributed by atoms with van der Waals surface area (Å²) in [6, 6.07) is 11.8. The van der Waals surface area contributed by atoms with E-state index in [-0.39, 0.29) is 0 Å². The van der Waals surface area contributed by atoms with Crippen LogP contribution in [0.4, 0.5) is 11.5 Å². The Kier molecular flexibility index (Phi) is 3.28. The van der Waals surface area contributed by atoms with E-state index in [9.17, 15) is 0 Å². The molecule has 0 amide bonds. The Morgan fingerprint density at radius 1 is 1.00 bits per heavy atom. The van der Waals surface area contributed by atoms with Crippen molar-refractivity contribution >= 4 is 34.0 Å². The summed E-state index contributed by atoms with van der Waals surface area (Å²) in [5.41, 5.74) is 4.21. The number of rotatable bonds is 2. The molecular weight excluding hydrogens is 270 g/mol. The van der Waals surface area contributed by atoms with E-state index in [0.717, 1.165) is 22.4 Å². The Labute approximate surface area is 122 Å². The van der Waals surface area contributed by atoms with Gasteiger partial charge in [0.1, 0.15) is 12.1 Å². The number of benzene rings is 2. The zero-order chi connectivity index (χ0) is 14.1. The number of para-hydroxylation sites is 1. The lowest BCUT2D eigenvalue weighted by Gasteiger charge is -2.11. The first-order valence-electron chi connectivity index (χ1n) is 6.38. The number of halogens is 1. The highest BCUT2D eigenvalue weighted by Crippen LogP contribution is 2.28. The second-order valence-corrected chi connectivity index (χ2v) is 5.19. The van der Waals surface area contributed by atoms with E-state index in [1.807, 2.05) is 24.3 Å². The second kappa shape index (κ2) is 5.10. The van der Waals surface area contributed by atoms with Crippen molar-refractivity contribution < 1.29 is 0 Å². The molecule has 0 aliphatic carbocycles. The molecule has 3 rings (SSSR count). The normalized spacial score (nSPS) is 10.8. The van der Waals surface area contributed by atoms with E-state index in [2.05, 4.69) is 41.3 Å². The third-order valence-electron chi connectivity index (χ3n) is 3.38. The maximum absolute atomic E-state index is 6.18. The molecule has 0 aliphatic rings. The molecule has 1 N–H and O–H groups in total. The average Bonchev–Trinajstić information content (AvgIpc) is 2.43. The number of hydrogen-bond donors (Lipinski definition) is 1. The molecule has 0 saturated carbocycles. The summed E-state index contributed by atoms with van der Waals surface area (Å²) in [5, 5.41) is 4.94. The van der Waals surface area contributed by atoms with Crippen LogP contribution >= 0.6 is 11.6 Å². The maximum atomic E-state index is 6.18. The fourth-order valence-corrected chi connectivity index (χ4v) is 2.29. The summed E-state index contributed by atoms with van der Waals surface area (Å²) in [7, 11) is 0. The minimum Gasteiger partial charge on any atom is -0.338 e. The Balaban J connectivity index is 2.12. The lowest BCUT2D eigenvalue weighted by molar-refractivity contribution is 1.21. The van der Waals surface area contributed by atoms with Crippen molar-refractivity contribution in [2.45, 2.75) is 13.8 Å². The quantitative estimate of drug-likeness (QED) is 0.744. The Morgan fingerprint density at radius 2 is 1.75 bits per heavy atom. The predicted octanol–water partition coefficient (Wildman–Crippen LogP) is 4.64. The van der Waals surface area contributed by atoms with Crippen LogP contribution in [0, 0.1) is 13.8 Å². The van der Waals surface area contributed by atoms with Crippen LogP contribution in [0.3, 0.4) is 0 Å². The van der Waals surface area contributed by atoms with E-state index >= 15 is 0 Å². The SMILES string of the molecule is Cc1cc2ncnc(Nc3ccccc3Cl)c2cc1C. The van der Waals surface area contributed by atoms with Crippen LogP contribution in [0.2, 0.25) is 5.02 Å². The molecule has 4 heteroatoms. The van der Waals surface area contributed by atoms with Gasteiger partial charge in [-0.1, -0.05) is 23.7 Å². The van der Waals surface area contributed by atoms with Crippen molar-refractivity contribution in [1.82, 2.24) is 9.97 Å². The van der Waals surface area contributed by atoms with Gasteiger partial charge in [-0.2, -0.15) is 0 Å². The Hall–Kier alpha value is -2.13. The minimum atomic E-state index is 0.670. The van der Waals surface area contributed by atoms with Gasteiger partial charge in [0.2, 0.25) is 0 Å². The molecule has 0 atom stereocenters. The zero-order valence-electron chi connectivity index (χ0n) is 11.3. The summed E-state index contributed by atoms with van der Waals surface area (Å²) in [5.74, 6) is 0.770. The van der Waals surface area contributed by atoms with Crippen LogP contribution in [-0.2, 0) is 0 Å². The first kappa shape index (κ1) is 12.9. The van der Waals surface area contributed by atoms with Crippen molar-refractivity contribution in [3.05, 3.63) is 58.9 Å². The largest absolute Gasteiger partial charge is 0.338 e. The molecule has 20 heavy (non-hydrogen) atoms. The average molecular weight is 284 g/mol. The van der Waals surface area contributed by atoms with Crippen molar-refractivity contribution in [2.24, 2.45) is 0 Å². The lowest BCUT2D eigenvalue weighted by atomic mass is 10.1. The summed E-state index contributed by atoms with van der Waals surface area (Å²) in [6.45, 7) is 4.17. The van der Waals surface area contributed by atoms with Gasteiger partial charge >= 0.3 is 0 Å². The third-order valence-corrected chi connectivity index (χ3v) is 3.71. The fraction of sp³-hybridized carbons (Fsp3) is 0.125. The molecule has 0 spiro atoms. The van der Waals surface area contributed by atoms with Gasteiger partial charge in [-0.15, -0.1) is 0 Å². The topological polar surface area (TPSA) is 37.8 Å². The number of anilines is 2. The van der Waals surface area contributed by atoms with Gasteiger partial charge in [0.05, 0.1) is 16.2 Å². The molecule has 3 aromatic rings. The van der Waals surface area contributed by atoms with Gasteiger partial charge in [0.15, 0.2) is 0 Å². The van der Waals surface area contributed by atoms with Crippen molar-refractivity contribution in [2.75, 3.05) is 5.32 Å². The minimum absolute atomic E-state index is 0.670. The molecule has 0 fully saturated rings. The first-order valence-corrected chi connectivity index (χ1v) is 6.76. The number of aromatic nitrogens is 2. The lowest BCUT2D eigenvalue weighted by Crippen LogP contribution is -1.97. The van der Waals surface area contributed by atoms with Gasteiger partial charge in [0.25, 0.3) is 0 Å². The summed E-state index contributed by atoms with van der Waals surface area (Å²) < 4.78 is 0. The summed E-state index contributed by atoms with van der Waals surface area (Å²) in [6.07, 6.45) is 1.57. The van der Waals surface area contributed by atoms with Gasteiger partial charge in [0, 0.05) is 5.39 Å². The highest BCUT2D eigenvalue weighted by molar-refractivity contribution is 6.33. The summed E-state index contributed by atoms with van der Waals surface area (Å²) >= 11 is 6.18. The van der Waals surface area contributed by atoms with Crippen LogP contribution in [-0.4, -0.2) is 9.97 Å². The highest BCUT2D eigenvalue weighted by Gasteiger charge is 2.07. The smallest absolute Gasteiger partial charge is 0.141 e. The molecule has 0 saturated heterocycles. The van der Waals surface area contributed by atoms with Gasteiger partial charge < -0.3 is 5.32 Å². The van der Waals surface area contributed by atoms with Crippen molar-refractivity contribution in [3.63, 3.8) is 0 Å². The van der Waals surface area contributed by atoms with E-state index in [1.165, 1.54) is 11.1 Å². The fourth-order valence-electron chi connectivity index (χ4n) is 2.11. The zero-order valence-corrected chi connectivity index (χ0v) is 12.1. The highest BCUT2D eigenvalue weighted by atomic mass is 35.5. The molecule has 0 unspecified atom stereocenters. The molecule has 0 radical (unpaired) electrons. The van der Waals surface area contributed by atoms with Gasteiger partial charge in [-0.3, -0.25) is 0 Å². The number of nitrogens with zero attached hydrogens (tertiary/aromatic N) is 2. The number of nitrogens with one attached hydrogen (secondary N) is 1. The summed E-state index contributed by atoms with van der Waals surface area (Å²) in [4.78, 5) is 8.66. The van der Waals surface area contributed by atoms with Crippen LogP contribution in [0.1, 0.15) is 11.1 Å². The molecule has 1 heterocycles. The van der Waals surface area contributed by atoms with E-state index in [0.29, 0.717) is 5.02 Å². The number of hydrogen-bond acceptors (Lipinski definition) is 3. The van der Waals surface area contributed by atoms with Gasteiger partial charge in [-0.25, -0.2) is 9.97 Å². The van der Waals surface area contributed by atoms with E-state index in [4.69, 9.17) is 11.6 Å². The van der Waals surface area contributed by atoms with Crippen molar-refractivity contribution in [1.29, 1.82) is 0 Å². The molecule has 0 bridgehead atoms.